The number of aromatic nitrogens is 1. The van der Waals surface area contributed by atoms with Crippen LogP contribution in [0.4, 0.5) is 4.79 Å². The van der Waals surface area contributed by atoms with Gasteiger partial charge in [0, 0.05) is 16.4 Å². The molecule has 0 aliphatic carbocycles. The molecule has 0 atom stereocenters. The summed E-state index contributed by atoms with van der Waals surface area (Å²) in [5.41, 5.74) is 7.60. The molecule has 1 saturated heterocycles. The Kier molecular flexibility index (Phi) is 5.46. The Balaban J connectivity index is 1.66. The zero-order valence-corrected chi connectivity index (χ0v) is 18.7. The molecule has 2 aromatic carbocycles. The molecule has 6 heteroatoms. The van der Waals surface area contributed by atoms with Gasteiger partial charge < -0.3 is 9.88 Å². The third-order valence-electron chi connectivity index (χ3n) is 5.65. The largest absolute Gasteiger partial charge is 0.329 e. The fourth-order valence-electron chi connectivity index (χ4n) is 4.08. The van der Waals surface area contributed by atoms with Gasteiger partial charge in [-0.1, -0.05) is 41.9 Å². The van der Waals surface area contributed by atoms with Gasteiger partial charge in [-0.15, -0.1) is 0 Å². The summed E-state index contributed by atoms with van der Waals surface area (Å²) >= 11 is 5.92. The Morgan fingerprint density at radius 2 is 1.61 bits per heavy atom. The molecule has 0 bridgehead atoms. The predicted octanol–water partition coefficient (Wildman–Crippen LogP) is 5.46. The van der Waals surface area contributed by atoms with Crippen LogP contribution in [-0.4, -0.2) is 21.4 Å². The number of amides is 3. The van der Waals surface area contributed by atoms with Crippen LogP contribution in [0.15, 0.2) is 54.2 Å². The molecule has 158 valence electrons. The standard InChI is InChI=1S/C25H24ClN3O2/c1-15-6-5-7-16(2)23(15)29-17(3)12-20(18(29)4)13-22-24(30)28(25(31)27-22)14-19-8-10-21(26)11-9-19/h5-13H,14H2,1-4H3,(H,27,31)/b22-13+. The van der Waals surface area contributed by atoms with Crippen LogP contribution in [0.5, 0.6) is 0 Å². The number of nitrogens with one attached hydrogen (secondary N) is 1. The second kappa shape index (κ2) is 8.08. The fourth-order valence-corrected chi connectivity index (χ4v) is 4.21. The first-order valence-electron chi connectivity index (χ1n) is 10.1. The van der Waals surface area contributed by atoms with Crippen LogP contribution in [0, 0.1) is 27.7 Å². The van der Waals surface area contributed by atoms with Crippen LogP contribution in [0.3, 0.4) is 0 Å². The van der Waals surface area contributed by atoms with E-state index in [9.17, 15) is 9.59 Å². The van der Waals surface area contributed by atoms with Crippen LogP contribution in [-0.2, 0) is 11.3 Å². The van der Waals surface area contributed by atoms with Crippen molar-refractivity contribution >= 4 is 29.6 Å². The van der Waals surface area contributed by atoms with E-state index in [-0.39, 0.29) is 18.1 Å². The van der Waals surface area contributed by atoms with Crippen LogP contribution >= 0.6 is 11.6 Å². The molecule has 1 aliphatic rings. The minimum atomic E-state index is -0.422. The second-order valence-corrected chi connectivity index (χ2v) is 8.34. The highest BCUT2D eigenvalue weighted by molar-refractivity contribution is 6.30. The van der Waals surface area contributed by atoms with Gasteiger partial charge in [0.2, 0.25) is 0 Å². The van der Waals surface area contributed by atoms with E-state index in [4.69, 9.17) is 11.6 Å². The van der Waals surface area contributed by atoms with Gasteiger partial charge >= 0.3 is 6.03 Å². The van der Waals surface area contributed by atoms with E-state index in [1.165, 1.54) is 16.0 Å². The van der Waals surface area contributed by atoms with Gasteiger partial charge in [0.05, 0.1) is 12.2 Å². The summed E-state index contributed by atoms with van der Waals surface area (Å²) in [7, 11) is 0. The number of para-hydroxylation sites is 1. The highest BCUT2D eigenvalue weighted by Gasteiger charge is 2.33. The lowest BCUT2D eigenvalue weighted by Crippen LogP contribution is -2.30. The molecule has 0 spiro atoms. The van der Waals surface area contributed by atoms with Crippen molar-refractivity contribution in [1.29, 1.82) is 0 Å². The number of halogens is 1. The topological polar surface area (TPSA) is 54.3 Å². The number of benzene rings is 2. The molecule has 3 aromatic rings. The van der Waals surface area contributed by atoms with Crippen LogP contribution in [0.25, 0.3) is 11.8 Å². The average molecular weight is 434 g/mol. The number of nitrogens with zero attached hydrogens (tertiary/aromatic N) is 2. The Morgan fingerprint density at radius 1 is 0.968 bits per heavy atom. The third kappa shape index (κ3) is 3.89. The molecule has 0 saturated carbocycles. The van der Waals surface area contributed by atoms with Crippen molar-refractivity contribution in [3.63, 3.8) is 0 Å². The van der Waals surface area contributed by atoms with Crippen LogP contribution in [0.1, 0.15) is 33.6 Å². The van der Waals surface area contributed by atoms with Crippen molar-refractivity contribution in [3.05, 3.63) is 92.9 Å². The van der Waals surface area contributed by atoms with Gasteiger partial charge in [0.15, 0.2) is 0 Å². The summed E-state index contributed by atoms with van der Waals surface area (Å²) in [6, 6.07) is 15.0. The Morgan fingerprint density at radius 3 is 2.26 bits per heavy atom. The van der Waals surface area contributed by atoms with Gasteiger partial charge in [-0.25, -0.2) is 4.79 Å². The number of urea groups is 1. The highest BCUT2D eigenvalue weighted by atomic mass is 35.5. The maximum absolute atomic E-state index is 12.9. The fraction of sp³-hybridized carbons (Fsp3) is 0.200. The minimum Gasteiger partial charge on any atom is -0.317 e. The molecule has 5 nitrogen and oxygen atoms in total. The lowest BCUT2D eigenvalue weighted by atomic mass is 10.1. The first-order valence-corrected chi connectivity index (χ1v) is 10.5. The maximum atomic E-state index is 12.9. The first kappa shape index (κ1) is 20.9. The predicted molar refractivity (Wildman–Crippen MR) is 123 cm³/mol. The van der Waals surface area contributed by atoms with Crippen molar-refractivity contribution in [2.75, 3.05) is 0 Å². The molecule has 2 heterocycles. The van der Waals surface area contributed by atoms with Gasteiger partial charge in [0.1, 0.15) is 5.70 Å². The molecule has 1 aromatic heterocycles. The van der Waals surface area contributed by atoms with Crippen molar-refractivity contribution in [3.8, 4) is 5.69 Å². The molecule has 1 fully saturated rings. The number of hydrogen-bond acceptors (Lipinski definition) is 2. The molecule has 1 N–H and O–H groups in total. The molecule has 4 rings (SSSR count). The first-order chi connectivity index (χ1) is 14.8. The second-order valence-electron chi connectivity index (χ2n) is 7.91. The van der Waals surface area contributed by atoms with E-state index in [0.717, 1.165) is 28.2 Å². The highest BCUT2D eigenvalue weighted by Crippen LogP contribution is 2.28. The monoisotopic (exact) mass is 433 g/mol. The van der Waals surface area contributed by atoms with Gasteiger partial charge in [-0.2, -0.15) is 0 Å². The molecule has 0 radical (unpaired) electrons. The molecule has 0 unspecified atom stereocenters. The Labute approximate surface area is 186 Å². The zero-order valence-electron chi connectivity index (χ0n) is 18.0. The molecular weight excluding hydrogens is 410 g/mol. The summed E-state index contributed by atoms with van der Waals surface area (Å²) in [6.45, 7) is 8.45. The molecular formula is C25H24ClN3O2. The molecule has 1 aliphatic heterocycles. The maximum Gasteiger partial charge on any atom is 0.329 e. The smallest absolute Gasteiger partial charge is 0.317 e. The number of carbonyl (C=O) groups is 2. The Bertz CT molecular complexity index is 1200. The van der Waals surface area contributed by atoms with Gasteiger partial charge in [-0.05, 0) is 74.2 Å². The van der Waals surface area contributed by atoms with Crippen molar-refractivity contribution < 1.29 is 9.59 Å². The summed E-state index contributed by atoms with van der Waals surface area (Å²) in [5.74, 6) is -0.336. The van der Waals surface area contributed by atoms with E-state index >= 15 is 0 Å². The number of aryl methyl sites for hydroxylation is 3. The normalized spacial score (nSPS) is 15.1. The van der Waals surface area contributed by atoms with Gasteiger partial charge in [0.25, 0.3) is 5.91 Å². The van der Waals surface area contributed by atoms with E-state index in [1.54, 1.807) is 18.2 Å². The number of hydrogen-bond donors (Lipinski definition) is 1. The van der Waals surface area contributed by atoms with E-state index in [2.05, 4.69) is 35.9 Å². The lowest BCUT2D eigenvalue weighted by molar-refractivity contribution is -0.123. The third-order valence-corrected chi connectivity index (χ3v) is 5.90. The number of carbonyl (C=O) groups excluding carboxylic acids is 2. The molecule has 3 amide bonds. The van der Waals surface area contributed by atoms with Crippen LogP contribution < -0.4 is 5.32 Å². The summed E-state index contributed by atoms with van der Waals surface area (Å²) in [5, 5.41) is 3.33. The van der Waals surface area contributed by atoms with Crippen molar-refractivity contribution in [1.82, 2.24) is 14.8 Å². The van der Waals surface area contributed by atoms with Gasteiger partial charge in [-0.3, -0.25) is 9.69 Å². The Hall–Kier alpha value is -3.31. The average Bonchev–Trinajstić information content (AvgIpc) is 3.14. The minimum absolute atomic E-state index is 0.195. The SMILES string of the molecule is Cc1cccc(C)c1-n1c(C)cc(/C=C2/NC(=O)N(Cc3ccc(Cl)cc3)C2=O)c1C. The zero-order chi connectivity index (χ0) is 22.3. The van der Waals surface area contributed by atoms with E-state index in [1.807, 2.05) is 38.1 Å². The van der Waals surface area contributed by atoms with Crippen molar-refractivity contribution in [2.24, 2.45) is 0 Å². The summed E-state index contributed by atoms with van der Waals surface area (Å²) in [6.07, 6.45) is 1.76. The van der Waals surface area contributed by atoms with E-state index < -0.39 is 6.03 Å². The van der Waals surface area contributed by atoms with Crippen molar-refractivity contribution in [2.45, 2.75) is 34.2 Å². The van der Waals surface area contributed by atoms with Crippen LogP contribution in [0.2, 0.25) is 5.02 Å². The summed E-state index contributed by atoms with van der Waals surface area (Å²) in [4.78, 5) is 26.6. The number of imide groups is 1. The molecule has 31 heavy (non-hydrogen) atoms. The van der Waals surface area contributed by atoms with E-state index in [0.29, 0.717) is 5.02 Å². The summed E-state index contributed by atoms with van der Waals surface area (Å²) < 4.78 is 2.20. The number of rotatable bonds is 4. The quantitative estimate of drug-likeness (QED) is 0.439. The lowest BCUT2D eigenvalue weighted by Gasteiger charge is -2.15.